The quantitative estimate of drug-likeness (QED) is 0.500. The fourth-order valence-electron chi connectivity index (χ4n) is 3.94. The molecule has 1 fully saturated rings. The molecule has 0 saturated heterocycles. The third-order valence-corrected chi connectivity index (χ3v) is 5.42. The Balaban J connectivity index is 1.33. The normalized spacial score (nSPS) is 18.4. The van der Waals surface area contributed by atoms with Gasteiger partial charge in [-0.05, 0) is 50.5 Å². The van der Waals surface area contributed by atoms with E-state index in [9.17, 15) is 9.18 Å². The number of hydrogen-bond acceptors (Lipinski definition) is 7. The van der Waals surface area contributed by atoms with Crippen LogP contribution in [0.25, 0.3) is 22.6 Å². The lowest BCUT2D eigenvalue weighted by Gasteiger charge is -2.21. The van der Waals surface area contributed by atoms with Crippen molar-refractivity contribution in [3.8, 4) is 11.5 Å². The number of aryl methyl sites for hydroxylation is 1. The van der Waals surface area contributed by atoms with Gasteiger partial charge in [0.1, 0.15) is 11.3 Å². The zero-order valence-electron chi connectivity index (χ0n) is 16.8. The Kier molecular flexibility index (Phi) is 4.85. The maximum absolute atomic E-state index is 13.4. The second-order valence-electron chi connectivity index (χ2n) is 7.59. The van der Waals surface area contributed by atoms with Crippen molar-refractivity contribution in [2.24, 2.45) is 0 Å². The first-order valence-electron chi connectivity index (χ1n) is 10.1. The molecule has 2 aromatic carbocycles. The molecule has 1 aliphatic rings. The lowest BCUT2D eigenvalue weighted by atomic mass is 10.1. The Bertz CT molecular complexity index is 1250. The number of fused-ring (bicyclic) bond motifs is 1. The molecule has 2 atom stereocenters. The summed E-state index contributed by atoms with van der Waals surface area (Å²) in [5, 5.41) is 10.2. The van der Waals surface area contributed by atoms with Crippen LogP contribution in [0.2, 0.25) is 0 Å². The fraction of sp³-hybridized carbons (Fsp3) is 0.273. The van der Waals surface area contributed by atoms with E-state index in [1.54, 1.807) is 31.2 Å². The first kappa shape index (κ1) is 19.2. The van der Waals surface area contributed by atoms with Crippen molar-refractivity contribution < 1.29 is 18.1 Å². The number of benzene rings is 2. The minimum atomic E-state index is -0.378. The van der Waals surface area contributed by atoms with Crippen LogP contribution in [-0.2, 0) is 0 Å². The maximum Gasteiger partial charge on any atom is 0.295 e. The Morgan fingerprint density at radius 1 is 1.13 bits per heavy atom. The second-order valence-corrected chi connectivity index (χ2v) is 7.59. The average molecular weight is 421 g/mol. The number of amides is 1. The van der Waals surface area contributed by atoms with E-state index in [0.717, 1.165) is 19.3 Å². The van der Waals surface area contributed by atoms with Crippen molar-refractivity contribution in [1.82, 2.24) is 20.4 Å². The van der Waals surface area contributed by atoms with Gasteiger partial charge in [0.15, 0.2) is 11.4 Å². The largest absolute Gasteiger partial charge is 0.423 e. The highest BCUT2D eigenvalue weighted by Gasteiger charge is 2.31. The SMILES string of the molecule is Cc1noc(-c2ccccc2C(=O)N[C@@H]2CCC[C@H]2Nc2nc3ccc(F)cc3o2)n1. The Hall–Kier alpha value is -3.75. The van der Waals surface area contributed by atoms with Crippen molar-refractivity contribution in [2.75, 3.05) is 5.32 Å². The molecule has 2 N–H and O–H groups in total. The van der Waals surface area contributed by atoms with Gasteiger partial charge in [-0.2, -0.15) is 9.97 Å². The summed E-state index contributed by atoms with van der Waals surface area (Å²) in [6.07, 6.45) is 2.62. The van der Waals surface area contributed by atoms with Gasteiger partial charge in [0.2, 0.25) is 0 Å². The van der Waals surface area contributed by atoms with E-state index in [1.807, 2.05) is 6.07 Å². The predicted molar refractivity (Wildman–Crippen MR) is 111 cm³/mol. The van der Waals surface area contributed by atoms with Crippen LogP contribution in [0.3, 0.4) is 0 Å². The molecule has 9 heteroatoms. The van der Waals surface area contributed by atoms with Crippen molar-refractivity contribution in [3.63, 3.8) is 0 Å². The Morgan fingerprint density at radius 3 is 2.81 bits per heavy atom. The minimum absolute atomic E-state index is 0.0559. The average Bonchev–Trinajstić information content (AvgIpc) is 3.48. The van der Waals surface area contributed by atoms with Crippen LogP contribution in [0.1, 0.15) is 35.4 Å². The zero-order chi connectivity index (χ0) is 21.4. The topological polar surface area (TPSA) is 106 Å². The van der Waals surface area contributed by atoms with Crippen molar-refractivity contribution >= 4 is 23.0 Å². The minimum Gasteiger partial charge on any atom is -0.423 e. The molecule has 1 saturated carbocycles. The molecular weight excluding hydrogens is 401 g/mol. The lowest BCUT2D eigenvalue weighted by molar-refractivity contribution is 0.0936. The molecule has 0 bridgehead atoms. The highest BCUT2D eigenvalue weighted by molar-refractivity contribution is 6.00. The summed E-state index contributed by atoms with van der Waals surface area (Å²) in [6.45, 7) is 1.73. The van der Waals surface area contributed by atoms with E-state index in [0.29, 0.717) is 40.0 Å². The van der Waals surface area contributed by atoms with Gasteiger partial charge in [0, 0.05) is 12.1 Å². The third kappa shape index (κ3) is 3.86. The number of halogens is 1. The monoisotopic (exact) mass is 421 g/mol. The fourth-order valence-corrected chi connectivity index (χ4v) is 3.94. The molecule has 0 aliphatic heterocycles. The van der Waals surface area contributed by atoms with Crippen molar-refractivity contribution in [3.05, 3.63) is 59.7 Å². The molecule has 0 unspecified atom stereocenters. The molecule has 2 aromatic heterocycles. The zero-order valence-corrected chi connectivity index (χ0v) is 16.8. The highest BCUT2D eigenvalue weighted by Crippen LogP contribution is 2.27. The predicted octanol–water partition coefficient (Wildman–Crippen LogP) is 4.09. The van der Waals surface area contributed by atoms with Crippen LogP contribution in [0.15, 0.2) is 51.4 Å². The molecule has 0 radical (unpaired) electrons. The second kappa shape index (κ2) is 7.82. The number of oxazole rings is 1. The maximum atomic E-state index is 13.4. The summed E-state index contributed by atoms with van der Waals surface area (Å²) in [6, 6.07) is 11.5. The lowest BCUT2D eigenvalue weighted by Crippen LogP contribution is -2.43. The molecule has 1 amide bonds. The van der Waals surface area contributed by atoms with Crippen LogP contribution in [0.5, 0.6) is 0 Å². The third-order valence-electron chi connectivity index (χ3n) is 5.42. The number of nitrogens with zero attached hydrogens (tertiary/aromatic N) is 3. The van der Waals surface area contributed by atoms with E-state index in [4.69, 9.17) is 8.94 Å². The van der Waals surface area contributed by atoms with Gasteiger partial charge in [0.05, 0.1) is 17.2 Å². The molecule has 4 aromatic rings. The van der Waals surface area contributed by atoms with Gasteiger partial charge in [-0.25, -0.2) is 4.39 Å². The number of carbonyl (C=O) groups is 1. The Labute approximate surface area is 176 Å². The van der Waals surface area contributed by atoms with Gasteiger partial charge in [-0.3, -0.25) is 4.79 Å². The van der Waals surface area contributed by atoms with E-state index in [2.05, 4.69) is 25.8 Å². The molecule has 1 aliphatic carbocycles. The summed E-state index contributed by atoms with van der Waals surface area (Å²) in [5.41, 5.74) is 2.01. The van der Waals surface area contributed by atoms with E-state index < -0.39 is 0 Å². The molecular formula is C22H20FN5O3. The molecule has 5 rings (SSSR count). The van der Waals surface area contributed by atoms with Gasteiger partial charge >= 0.3 is 0 Å². The van der Waals surface area contributed by atoms with Crippen molar-refractivity contribution in [1.29, 1.82) is 0 Å². The molecule has 158 valence electrons. The smallest absolute Gasteiger partial charge is 0.295 e. The first-order valence-corrected chi connectivity index (χ1v) is 10.1. The van der Waals surface area contributed by atoms with Gasteiger partial charge in [0.25, 0.3) is 17.8 Å². The van der Waals surface area contributed by atoms with E-state index in [1.165, 1.54) is 12.1 Å². The van der Waals surface area contributed by atoms with Crippen LogP contribution in [0, 0.1) is 12.7 Å². The number of nitrogens with one attached hydrogen (secondary N) is 2. The van der Waals surface area contributed by atoms with Gasteiger partial charge in [-0.15, -0.1) is 0 Å². The first-order chi connectivity index (χ1) is 15.1. The van der Waals surface area contributed by atoms with E-state index in [-0.39, 0.29) is 23.8 Å². The summed E-state index contributed by atoms with van der Waals surface area (Å²) >= 11 is 0. The number of rotatable bonds is 5. The van der Waals surface area contributed by atoms with Crippen LogP contribution in [-0.4, -0.2) is 33.1 Å². The molecule has 2 heterocycles. The molecule has 8 nitrogen and oxygen atoms in total. The number of aromatic nitrogens is 3. The highest BCUT2D eigenvalue weighted by atomic mass is 19.1. The number of carbonyl (C=O) groups excluding carboxylic acids is 1. The number of hydrogen-bond donors (Lipinski definition) is 2. The van der Waals surface area contributed by atoms with E-state index >= 15 is 0 Å². The molecule has 31 heavy (non-hydrogen) atoms. The van der Waals surface area contributed by atoms with Crippen LogP contribution in [0.4, 0.5) is 10.4 Å². The summed E-state index contributed by atoms with van der Waals surface area (Å²) < 4.78 is 24.3. The number of anilines is 1. The summed E-state index contributed by atoms with van der Waals surface area (Å²) in [7, 11) is 0. The van der Waals surface area contributed by atoms with Gasteiger partial charge in [-0.1, -0.05) is 17.3 Å². The van der Waals surface area contributed by atoms with Crippen LogP contribution >= 0.6 is 0 Å². The van der Waals surface area contributed by atoms with Crippen molar-refractivity contribution in [2.45, 2.75) is 38.3 Å². The van der Waals surface area contributed by atoms with Gasteiger partial charge < -0.3 is 19.6 Å². The summed E-state index contributed by atoms with van der Waals surface area (Å²) in [4.78, 5) is 21.7. The van der Waals surface area contributed by atoms with Crippen LogP contribution < -0.4 is 10.6 Å². The standard InChI is InChI=1S/C22H20FN5O3/c1-12-24-21(31-28-12)15-6-3-2-5-14(15)20(29)25-16-7-4-8-17(16)26-22-27-18-10-9-13(23)11-19(18)30-22/h2-3,5-6,9-11,16-17H,4,7-8H2,1H3,(H,25,29)(H,26,27)/t16-,17-/m1/s1. The summed E-state index contributed by atoms with van der Waals surface area (Å²) in [5.74, 6) is 0.215. The Morgan fingerprint density at radius 2 is 1.97 bits per heavy atom. The molecule has 0 spiro atoms.